The second-order valence-electron chi connectivity index (χ2n) is 4.76. The van der Waals surface area contributed by atoms with Crippen LogP contribution >= 0.6 is 0 Å². The van der Waals surface area contributed by atoms with Gasteiger partial charge in [0.25, 0.3) is 0 Å². The molecule has 1 aromatic heterocycles. The molecule has 0 atom stereocenters. The molecule has 2 aromatic carbocycles. The average Bonchev–Trinajstić information content (AvgIpc) is 2.37. The third-order valence-corrected chi connectivity index (χ3v) is 3.17. The molecule has 0 aliphatic carbocycles. The number of benzene rings is 2. The van der Waals surface area contributed by atoms with Crippen molar-refractivity contribution in [2.45, 2.75) is 13.8 Å². The summed E-state index contributed by atoms with van der Waals surface area (Å²) in [6.07, 6.45) is 1.88. The van der Waals surface area contributed by atoms with Crippen LogP contribution in [-0.2, 0) is 0 Å². The minimum atomic E-state index is 1.07. The van der Waals surface area contributed by atoms with Crippen molar-refractivity contribution in [1.82, 2.24) is 4.98 Å². The molecule has 0 aliphatic heterocycles. The van der Waals surface area contributed by atoms with Gasteiger partial charge < -0.3 is 0 Å². The van der Waals surface area contributed by atoms with Crippen LogP contribution < -0.4 is 0 Å². The van der Waals surface area contributed by atoms with Crippen molar-refractivity contribution >= 4 is 10.8 Å². The standard InChI is InChI=1S/C17H15N/c1-12-9-13(2)11-15(10-12)17-16-6-4-3-5-14(16)7-8-18-17/h3-11H,1-2H3. The molecule has 3 aromatic rings. The minimum absolute atomic E-state index is 1.07. The number of hydrogen-bond donors (Lipinski definition) is 0. The van der Waals surface area contributed by atoms with E-state index in [0.717, 1.165) is 5.69 Å². The molecule has 3 rings (SSSR count). The fourth-order valence-electron chi connectivity index (χ4n) is 2.46. The fourth-order valence-corrected chi connectivity index (χ4v) is 2.46. The van der Waals surface area contributed by atoms with E-state index in [9.17, 15) is 0 Å². The predicted molar refractivity (Wildman–Crippen MR) is 76.7 cm³/mol. The molecule has 0 radical (unpaired) electrons. The number of aromatic nitrogens is 1. The molecule has 1 heterocycles. The summed E-state index contributed by atoms with van der Waals surface area (Å²) in [6.45, 7) is 4.25. The smallest absolute Gasteiger partial charge is 0.0780 e. The molecular formula is C17H15N. The van der Waals surface area contributed by atoms with E-state index in [1.165, 1.54) is 27.5 Å². The van der Waals surface area contributed by atoms with Gasteiger partial charge in [0.15, 0.2) is 0 Å². The van der Waals surface area contributed by atoms with Gasteiger partial charge in [0.2, 0.25) is 0 Å². The molecule has 0 amide bonds. The summed E-state index contributed by atoms with van der Waals surface area (Å²) < 4.78 is 0. The van der Waals surface area contributed by atoms with E-state index >= 15 is 0 Å². The Bertz CT molecular complexity index is 688. The highest BCUT2D eigenvalue weighted by atomic mass is 14.7. The van der Waals surface area contributed by atoms with Crippen LogP contribution in [0, 0.1) is 13.8 Å². The van der Waals surface area contributed by atoms with Crippen molar-refractivity contribution in [3.05, 3.63) is 65.9 Å². The highest BCUT2D eigenvalue weighted by Crippen LogP contribution is 2.27. The lowest BCUT2D eigenvalue weighted by molar-refractivity contribution is 1.32. The van der Waals surface area contributed by atoms with Gasteiger partial charge in [-0.25, -0.2) is 0 Å². The maximum absolute atomic E-state index is 4.56. The Hall–Kier alpha value is -2.15. The molecule has 1 nitrogen and oxygen atoms in total. The molecule has 0 saturated heterocycles. The van der Waals surface area contributed by atoms with Gasteiger partial charge in [0.05, 0.1) is 5.69 Å². The maximum atomic E-state index is 4.56. The number of rotatable bonds is 1. The Morgan fingerprint density at radius 2 is 1.56 bits per heavy atom. The van der Waals surface area contributed by atoms with E-state index in [2.05, 4.69) is 67.4 Å². The van der Waals surface area contributed by atoms with Crippen LogP contribution in [0.15, 0.2) is 54.7 Å². The molecule has 0 unspecified atom stereocenters. The SMILES string of the molecule is Cc1cc(C)cc(-c2nccc3ccccc23)c1. The van der Waals surface area contributed by atoms with E-state index in [-0.39, 0.29) is 0 Å². The molecule has 1 heteroatoms. The van der Waals surface area contributed by atoms with Crippen molar-refractivity contribution < 1.29 is 0 Å². The largest absolute Gasteiger partial charge is 0.256 e. The number of aryl methyl sites for hydroxylation is 2. The molecule has 18 heavy (non-hydrogen) atoms. The molecule has 0 fully saturated rings. The number of fused-ring (bicyclic) bond motifs is 1. The third-order valence-electron chi connectivity index (χ3n) is 3.17. The quantitative estimate of drug-likeness (QED) is 0.602. The van der Waals surface area contributed by atoms with Crippen LogP contribution in [0.5, 0.6) is 0 Å². The molecule has 0 saturated carbocycles. The molecule has 0 aliphatic rings. The zero-order chi connectivity index (χ0) is 12.5. The topological polar surface area (TPSA) is 12.9 Å². The lowest BCUT2D eigenvalue weighted by atomic mass is 10.0. The summed E-state index contributed by atoms with van der Waals surface area (Å²) in [5.41, 5.74) is 4.82. The Labute approximate surface area is 107 Å². The first-order valence-electron chi connectivity index (χ1n) is 6.16. The van der Waals surface area contributed by atoms with E-state index in [1.807, 2.05) is 6.20 Å². The van der Waals surface area contributed by atoms with Gasteiger partial charge >= 0.3 is 0 Å². The van der Waals surface area contributed by atoms with Crippen LogP contribution in [0.3, 0.4) is 0 Å². The first-order valence-corrected chi connectivity index (χ1v) is 6.16. The van der Waals surface area contributed by atoms with Crippen LogP contribution in [0.2, 0.25) is 0 Å². The first kappa shape index (κ1) is 11.0. The van der Waals surface area contributed by atoms with Crippen LogP contribution in [0.4, 0.5) is 0 Å². The first-order chi connectivity index (χ1) is 8.74. The van der Waals surface area contributed by atoms with Crippen LogP contribution in [0.1, 0.15) is 11.1 Å². The van der Waals surface area contributed by atoms with E-state index in [0.29, 0.717) is 0 Å². The van der Waals surface area contributed by atoms with E-state index < -0.39 is 0 Å². The van der Waals surface area contributed by atoms with Gasteiger partial charge in [-0.05, 0) is 37.4 Å². The summed E-state index contributed by atoms with van der Waals surface area (Å²) in [6, 6.07) is 17.0. The van der Waals surface area contributed by atoms with Gasteiger partial charge in [-0.15, -0.1) is 0 Å². The summed E-state index contributed by atoms with van der Waals surface area (Å²) in [7, 11) is 0. The predicted octanol–water partition coefficient (Wildman–Crippen LogP) is 4.52. The molecule has 88 valence electrons. The number of nitrogens with zero attached hydrogens (tertiary/aromatic N) is 1. The Kier molecular flexibility index (Phi) is 2.60. The second-order valence-corrected chi connectivity index (χ2v) is 4.76. The normalized spacial score (nSPS) is 10.8. The average molecular weight is 233 g/mol. The molecule has 0 spiro atoms. The fraction of sp³-hybridized carbons (Fsp3) is 0.118. The Morgan fingerprint density at radius 3 is 2.33 bits per heavy atom. The highest BCUT2D eigenvalue weighted by molar-refractivity contribution is 5.94. The van der Waals surface area contributed by atoms with Gasteiger partial charge in [-0.2, -0.15) is 0 Å². The highest BCUT2D eigenvalue weighted by Gasteiger charge is 2.05. The summed E-state index contributed by atoms with van der Waals surface area (Å²) in [4.78, 5) is 4.56. The van der Waals surface area contributed by atoms with Crippen LogP contribution in [-0.4, -0.2) is 4.98 Å². The second kappa shape index (κ2) is 4.26. The van der Waals surface area contributed by atoms with Crippen molar-refractivity contribution in [2.24, 2.45) is 0 Å². The van der Waals surface area contributed by atoms with E-state index in [1.54, 1.807) is 0 Å². The van der Waals surface area contributed by atoms with Crippen molar-refractivity contribution in [3.63, 3.8) is 0 Å². The van der Waals surface area contributed by atoms with Gasteiger partial charge in [-0.3, -0.25) is 4.98 Å². The number of hydrogen-bond acceptors (Lipinski definition) is 1. The summed E-state index contributed by atoms with van der Waals surface area (Å²) in [5.74, 6) is 0. The Morgan fingerprint density at radius 1 is 0.833 bits per heavy atom. The monoisotopic (exact) mass is 233 g/mol. The van der Waals surface area contributed by atoms with Crippen LogP contribution in [0.25, 0.3) is 22.0 Å². The van der Waals surface area contributed by atoms with E-state index in [4.69, 9.17) is 0 Å². The lowest BCUT2D eigenvalue weighted by Crippen LogP contribution is -1.88. The third kappa shape index (κ3) is 1.88. The zero-order valence-corrected chi connectivity index (χ0v) is 10.6. The number of pyridine rings is 1. The van der Waals surface area contributed by atoms with Gasteiger partial charge in [-0.1, -0.05) is 41.5 Å². The van der Waals surface area contributed by atoms with Crippen molar-refractivity contribution in [1.29, 1.82) is 0 Å². The van der Waals surface area contributed by atoms with Gasteiger partial charge in [0, 0.05) is 17.1 Å². The summed E-state index contributed by atoms with van der Waals surface area (Å²) >= 11 is 0. The molecular weight excluding hydrogens is 218 g/mol. The minimum Gasteiger partial charge on any atom is -0.256 e. The van der Waals surface area contributed by atoms with Crippen molar-refractivity contribution in [2.75, 3.05) is 0 Å². The van der Waals surface area contributed by atoms with Gasteiger partial charge in [0.1, 0.15) is 0 Å². The Balaban J connectivity index is 2.31. The maximum Gasteiger partial charge on any atom is 0.0780 e. The lowest BCUT2D eigenvalue weighted by Gasteiger charge is -2.07. The summed E-state index contributed by atoms with van der Waals surface area (Å²) in [5, 5.41) is 2.45. The zero-order valence-electron chi connectivity index (χ0n) is 10.6. The molecule has 0 N–H and O–H groups in total. The molecule has 0 bridgehead atoms. The van der Waals surface area contributed by atoms with Crippen molar-refractivity contribution in [3.8, 4) is 11.3 Å².